The minimum absolute atomic E-state index is 0.0189. The topological polar surface area (TPSA) is 54.4 Å². The quantitative estimate of drug-likeness (QED) is 0.889. The normalized spacial score (nSPS) is 24.7. The molecule has 0 aromatic heterocycles. The van der Waals surface area contributed by atoms with Gasteiger partial charge in [0.25, 0.3) is 0 Å². The lowest BCUT2D eigenvalue weighted by atomic mass is 9.84. The summed E-state index contributed by atoms with van der Waals surface area (Å²) in [5, 5.41) is 9.54. The van der Waals surface area contributed by atoms with Gasteiger partial charge in [-0.25, -0.2) is 8.42 Å². The van der Waals surface area contributed by atoms with Crippen molar-refractivity contribution in [2.45, 2.75) is 19.3 Å². The van der Waals surface area contributed by atoms with Crippen LogP contribution in [0.3, 0.4) is 0 Å². The molecule has 1 saturated heterocycles. The van der Waals surface area contributed by atoms with Crippen molar-refractivity contribution in [3.8, 4) is 0 Å². The van der Waals surface area contributed by atoms with E-state index in [4.69, 9.17) is 0 Å². The molecule has 2 unspecified atom stereocenters. The maximum absolute atomic E-state index is 11.5. The largest absolute Gasteiger partial charge is 0.396 e. The second-order valence-electron chi connectivity index (χ2n) is 4.81. The van der Waals surface area contributed by atoms with Crippen LogP contribution in [0, 0.1) is 12.8 Å². The predicted molar refractivity (Wildman–Crippen MR) is 67.8 cm³/mol. The van der Waals surface area contributed by atoms with Crippen LogP contribution in [0.5, 0.6) is 0 Å². The van der Waals surface area contributed by atoms with Crippen LogP contribution in [0.4, 0.5) is 0 Å². The Kier molecular flexibility index (Phi) is 3.54. The van der Waals surface area contributed by atoms with Crippen LogP contribution < -0.4 is 0 Å². The molecule has 1 aromatic carbocycles. The van der Waals surface area contributed by atoms with E-state index in [9.17, 15) is 13.5 Å². The molecule has 1 aliphatic rings. The van der Waals surface area contributed by atoms with E-state index in [0.717, 1.165) is 11.1 Å². The van der Waals surface area contributed by atoms with Gasteiger partial charge in [0, 0.05) is 5.92 Å². The van der Waals surface area contributed by atoms with Crippen LogP contribution in [-0.2, 0) is 9.84 Å². The van der Waals surface area contributed by atoms with Gasteiger partial charge < -0.3 is 5.11 Å². The standard InChI is InChI=1S/C13H18O3S/c1-10-4-2-3-5-12(10)13(8-14)11-6-7-17(15,16)9-11/h2-5,11,13-14H,6-9H2,1H3. The summed E-state index contributed by atoms with van der Waals surface area (Å²) in [6, 6.07) is 7.88. The summed E-state index contributed by atoms with van der Waals surface area (Å²) >= 11 is 0. The maximum atomic E-state index is 11.5. The molecule has 2 rings (SSSR count). The van der Waals surface area contributed by atoms with Crippen LogP contribution in [0.2, 0.25) is 0 Å². The molecule has 94 valence electrons. The first-order valence-corrected chi connectivity index (χ1v) is 7.72. The molecule has 0 amide bonds. The third-order valence-corrected chi connectivity index (χ3v) is 5.42. The van der Waals surface area contributed by atoms with Crippen molar-refractivity contribution in [3.05, 3.63) is 35.4 Å². The third-order valence-electron chi connectivity index (χ3n) is 3.62. The number of hydrogen-bond acceptors (Lipinski definition) is 3. The maximum Gasteiger partial charge on any atom is 0.150 e. The molecule has 2 atom stereocenters. The van der Waals surface area contributed by atoms with Gasteiger partial charge in [-0.15, -0.1) is 0 Å². The Hall–Kier alpha value is -0.870. The van der Waals surface area contributed by atoms with E-state index in [-0.39, 0.29) is 29.9 Å². The van der Waals surface area contributed by atoms with E-state index >= 15 is 0 Å². The fourth-order valence-electron chi connectivity index (χ4n) is 2.65. The number of aliphatic hydroxyl groups excluding tert-OH is 1. The number of rotatable bonds is 3. The summed E-state index contributed by atoms with van der Waals surface area (Å²) in [6.45, 7) is 2.02. The van der Waals surface area contributed by atoms with Crippen molar-refractivity contribution in [1.29, 1.82) is 0 Å². The van der Waals surface area contributed by atoms with Gasteiger partial charge in [-0.3, -0.25) is 0 Å². The lowest BCUT2D eigenvalue weighted by Crippen LogP contribution is -2.19. The highest BCUT2D eigenvalue weighted by molar-refractivity contribution is 7.91. The monoisotopic (exact) mass is 254 g/mol. The van der Waals surface area contributed by atoms with Gasteiger partial charge >= 0.3 is 0 Å². The fourth-order valence-corrected chi connectivity index (χ4v) is 4.53. The molecular formula is C13H18O3S. The Bertz CT molecular complexity index is 493. The minimum atomic E-state index is -2.88. The first kappa shape index (κ1) is 12.6. The van der Waals surface area contributed by atoms with Gasteiger partial charge in [0.2, 0.25) is 0 Å². The van der Waals surface area contributed by atoms with Crippen LogP contribution in [-0.4, -0.2) is 31.6 Å². The molecule has 1 aliphatic heterocycles. The average molecular weight is 254 g/mol. The zero-order chi connectivity index (χ0) is 12.5. The molecule has 1 fully saturated rings. The number of hydrogen-bond donors (Lipinski definition) is 1. The molecule has 1 N–H and O–H groups in total. The summed E-state index contributed by atoms with van der Waals surface area (Å²) in [5.74, 6) is 0.492. The molecule has 0 aliphatic carbocycles. The lowest BCUT2D eigenvalue weighted by Gasteiger charge is -2.22. The summed E-state index contributed by atoms with van der Waals surface area (Å²) in [5.41, 5.74) is 2.20. The molecule has 17 heavy (non-hydrogen) atoms. The van der Waals surface area contributed by atoms with E-state index in [1.54, 1.807) is 0 Å². The number of aliphatic hydroxyl groups is 1. The van der Waals surface area contributed by atoms with Gasteiger partial charge in [-0.05, 0) is 30.4 Å². The molecule has 0 bridgehead atoms. The predicted octanol–water partition coefficient (Wildman–Crippen LogP) is 1.51. The van der Waals surface area contributed by atoms with Crippen molar-refractivity contribution in [2.24, 2.45) is 5.92 Å². The van der Waals surface area contributed by atoms with Crippen LogP contribution >= 0.6 is 0 Å². The molecule has 3 nitrogen and oxygen atoms in total. The smallest absolute Gasteiger partial charge is 0.150 e. The molecule has 1 aromatic rings. The highest BCUT2D eigenvalue weighted by Gasteiger charge is 2.34. The summed E-state index contributed by atoms with van der Waals surface area (Å²) in [4.78, 5) is 0. The van der Waals surface area contributed by atoms with Crippen LogP contribution in [0.1, 0.15) is 23.5 Å². The summed E-state index contributed by atoms with van der Waals surface area (Å²) in [7, 11) is -2.88. The van der Waals surface area contributed by atoms with Crippen LogP contribution in [0.25, 0.3) is 0 Å². The lowest BCUT2D eigenvalue weighted by molar-refractivity contribution is 0.232. The van der Waals surface area contributed by atoms with E-state index in [1.165, 1.54) is 0 Å². The van der Waals surface area contributed by atoms with Crippen molar-refractivity contribution in [2.75, 3.05) is 18.1 Å². The van der Waals surface area contributed by atoms with Crippen molar-refractivity contribution < 1.29 is 13.5 Å². The SMILES string of the molecule is Cc1ccccc1C(CO)C1CCS(=O)(=O)C1. The van der Waals surface area contributed by atoms with Gasteiger partial charge in [-0.1, -0.05) is 24.3 Å². The average Bonchev–Trinajstić information content (AvgIpc) is 2.63. The molecule has 0 radical (unpaired) electrons. The Morgan fingerprint density at radius 3 is 2.65 bits per heavy atom. The molecule has 0 spiro atoms. The Labute approximate surface area is 102 Å². The highest BCUT2D eigenvalue weighted by Crippen LogP contribution is 2.34. The highest BCUT2D eigenvalue weighted by atomic mass is 32.2. The van der Waals surface area contributed by atoms with E-state index in [0.29, 0.717) is 6.42 Å². The minimum Gasteiger partial charge on any atom is -0.396 e. The second kappa shape index (κ2) is 4.78. The molecule has 4 heteroatoms. The molecular weight excluding hydrogens is 236 g/mol. The number of sulfone groups is 1. The zero-order valence-electron chi connectivity index (χ0n) is 9.96. The zero-order valence-corrected chi connectivity index (χ0v) is 10.8. The first-order valence-electron chi connectivity index (χ1n) is 5.90. The van der Waals surface area contributed by atoms with E-state index in [2.05, 4.69) is 0 Å². The van der Waals surface area contributed by atoms with Crippen molar-refractivity contribution in [3.63, 3.8) is 0 Å². The van der Waals surface area contributed by atoms with E-state index < -0.39 is 9.84 Å². The fraction of sp³-hybridized carbons (Fsp3) is 0.538. The van der Waals surface area contributed by atoms with E-state index in [1.807, 2.05) is 31.2 Å². The van der Waals surface area contributed by atoms with Crippen molar-refractivity contribution in [1.82, 2.24) is 0 Å². The Morgan fingerprint density at radius 1 is 1.41 bits per heavy atom. The van der Waals surface area contributed by atoms with Gasteiger partial charge in [0.15, 0.2) is 9.84 Å². The van der Waals surface area contributed by atoms with Crippen molar-refractivity contribution >= 4 is 9.84 Å². The Morgan fingerprint density at radius 2 is 2.12 bits per heavy atom. The first-order chi connectivity index (χ1) is 8.03. The summed E-state index contributed by atoms with van der Waals surface area (Å²) < 4.78 is 23.0. The van der Waals surface area contributed by atoms with Gasteiger partial charge in [-0.2, -0.15) is 0 Å². The van der Waals surface area contributed by atoms with Gasteiger partial charge in [0.05, 0.1) is 18.1 Å². The van der Waals surface area contributed by atoms with Crippen LogP contribution in [0.15, 0.2) is 24.3 Å². The molecule has 1 heterocycles. The summed E-state index contributed by atoms with van der Waals surface area (Å²) in [6.07, 6.45) is 0.669. The second-order valence-corrected chi connectivity index (χ2v) is 7.04. The Balaban J connectivity index is 2.26. The molecule has 0 saturated carbocycles. The number of aryl methyl sites for hydroxylation is 1. The van der Waals surface area contributed by atoms with Gasteiger partial charge in [0.1, 0.15) is 0 Å². The number of benzene rings is 1. The third kappa shape index (κ3) is 2.69.